The van der Waals surface area contributed by atoms with Gasteiger partial charge in [-0.3, -0.25) is 14.6 Å². The molecule has 5 rings (SSSR count). The second kappa shape index (κ2) is 8.66. The summed E-state index contributed by atoms with van der Waals surface area (Å²) in [5.41, 5.74) is 2.24. The number of hydrogen-bond acceptors (Lipinski definition) is 7. The molecule has 4 aromatic heterocycles. The van der Waals surface area contributed by atoms with Crippen LogP contribution < -0.4 is 10.9 Å². The fraction of sp³-hybridized carbons (Fsp3) is 0.125. The molecule has 4 heterocycles. The minimum atomic E-state index is -0.512. The number of nitrogens with zero attached hydrogens (tertiary/aromatic N) is 4. The highest BCUT2D eigenvalue weighted by atomic mass is 16.5. The molecule has 0 saturated carbocycles. The summed E-state index contributed by atoms with van der Waals surface area (Å²) < 4.78 is 12.1. The van der Waals surface area contributed by atoms with Crippen molar-refractivity contribution in [2.45, 2.75) is 20.3 Å². The van der Waals surface area contributed by atoms with Crippen molar-refractivity contribution in [2.75, 3.05) is 5.32 Å². The number of anilines is 1. The van der Waals surface area contributed by atoms with Crippen LogP contribution in [0.5, 0.6) is 0 Å². The van der Waals surface area contributed by atoms with Gasteiger partial charge in [0.05, 0.1) is 6.26 Å². The Balaban J connectivity index is 1.52. The van der Waals surface area contributed by atoms with Gasteiger partial charge in [-0.2, -0.15) is 9.78 Å². The van der Waals surface area contributed by atoms with Crippen LogP contribution in [0.1, 0.15) is 28.7 Å². The van der Waals surface area contributed by atoms with Crippen molar-refractivity contribution >= 4 is 11.7 Å². The second-order valence-corrected chi connectivity index (χ2v) is 7.51. The van der Waals surface area contributed by atoms with Crippen molar-refractivity contribution in [2.24, 2.45) is 0 Å². The number of amides is 1. The first-order valence-electron chi connectivity index (χ1n) is 10.6. The molecule has 0 spiro atoms. The Morgan fingerprint density at radius 3 is 2.65 bits per heavy atom. The van der Waals surface area contributed by atoms with Crippen molar-refractivity contribution in [3.8, 4) is 28.7 Å². The van der Waals surface area contributed by atoms with Crippen LogP contribution in [-0.4, -0.2) is 30.8 Å². The lowest BCUT2D eigenvalue weighted by molar-refractivity contribution is 0.101. The van der Waals surface area contributed by atoms with Crippen LogP contribution >= 0.6 is 0 Å². The molecule has 0 aliphatic carbocycles. The summed E-state index contributed by atoms with van der Waals surface area (Å²) in [7, 11) is 0. The number of furan rings is 1. The van der Waals surface area contributed by atoms with Crippen molar-refractivity contribution < 1.29 is 13.7 Å². The number of aromatic nitrogens is 5. The predicted octanol–water partition coefficient (Wildman–Crippen LogP) is 3.99. The van der Waals surface area contributed by atoms with Crippen molar-refractivity contribution in [1.82, 2.24) is 24.9 Å². The van der Waals surface area contributed by atoms with Gasteiger partial charge in [-0.15, -0.1) is 0 Å². The lowest BCUT2D eigenvalue weighted by Crippen LogP contribution is -2.22. The monoisotopic (exact) mass is 456 g/mol. The molecule has 10 nitrogen and oxygen atoms in total. The van der Waals surface area contributed by atoms with Gasteiger partial charge in [0.25, 0.3) is 11.5 Å². The average molecular weight is 456 g/mol. The van der Waals surface area contributed by atoms with Crippen LogP contribution in [0.4, 0.5) is 5.82 Å². The van der Waals surface area contributed by atoms with Gasteiger partial charge in [-0.05, 0) is 25.5 Å². The summed E-state index contributed by atoms with van der Waals surface area (Å²) in [6, 6.07) is 16.0. The van der Waals surface area contributed by atoms with E-state index in [-0.39, 0.29) is 23.0 Å². The zero-order valence-corrected chi connectivity index (χ0v) is 18.4. The van der Waals surface area contributed by atoms with E-state index in [2.05, 4.69) is 25.5 Å². The van der Waals surface area contributed by atoms with E-state index >= 15 is 0 Å². The van der Waals surface area contributed by atoms with Crippen LogP contribution in [0.25, 0.3) is 28.7 Å². The highest BCUT2D eigenvalue weighted by Gasteiger charge is 2.20. The maximum absolute atomic E-state index is 13.0. The van der Waals surface area contributed by atoms with Gasteiger partial charge in [0.1, 0.15) is 11.5 Å². The fourth-order valence-electron chi connectivity index (χ4n) is 3.59. The number of carbonyl (C=O) groups is 1. The van der Waals surface area contributed by atoms with Gasteiger partial charge in [0.2, 0.25) is 5.95 Å². The molecule has 0 unspecified atom stereocenters. The van der Waals surface area contributed by atoms with Gasteiger partial charge >= 0.3 is 0 Å². The molecule has 0 radical (unpaired) electrons. The zero-order chi connectivity index (χ0) is 23.7. The Morgan fingerprint density at radius 1 is 1.12 bits per heavy atom. The minimum Gasteiger partial charge on any atom is -0.463 e. The molecular formula is C24H20N6O4. The Hall–Kier alpha value is -4.73. The van der Waals surface area contributed by atoms with E-state index in [0.717, 1.165) is 5.56 Å². The highest BCUT2D eigenvalue weighted by molar-refractivity contribution is 6.03. The molecule has 1 amide bonds. The molecule has 0 aliphatic rings. The van der Waals surface area contributed by atoms with Crippen LogP contribution in [0.15, 0.2) is 74.6 Å². The Labute approximate surface area is 193 Å². The topological polar surface area (TPSA) is 132 Å². The lowest BCUT2D eigenvalue weighted by atomic mass is 10.1. The number of benzene rings is 1. The quantitative estimate of drug-likeness (QED) is 0.395. The summed E-state index contributed by atoms with van der Waals surface area (Å²) in [6.45, 7) is 3.64. The van der Waals surface area contributed by atoms with E-state index in [1.807, 2.05) is 37.3 Å². The molecule has 0 aliphatic heterocycles. The molecule has 34 heavy (non-hydrogen) atoms. The summed E-state index contributed by atoms with van der Waals surface area (Å²) in [5, 5.41) is 11.2. The van der Waals surface area contributed by atoms with E-state index in [9.17, 15) is 9.59 Å². The van der Waals surface area contributed by atoms with E-state index in [4.69, 9.17) is 8.94 Å². The maximum Gasteiger partial charge on any atom is 0.279 e. The Morgan fingerprint density at radius 2 is 1.94 bits per heavy atom. The van der Waals surface area contributed by atoms with E-state index in [1.165, 1.54) is 10.9 Å². The molecule has 0 bridgehead atoms. The minimum absolute atomic E-state index is 0.0881. The fourth-order valence-corrected chi connectivity index (χ4v) is 3.59. The van der Waals surface area contributed by atoms with Crippen molar-refractivity contribution in [3.63, 3.8) is 0 Å². The third kappa shape index (κ3) is 3.92. The molecular weight excluding hydrogens is 436 g/mol. The smallest absolute Gasteiger partial charge is 0.279 e. The first-order chi connectivity index (χ1) is 16.5. The molecule has 0 atom stereocenters. The third-order valence-corrected chi connectivity index (χ3v) is 5.29. The van der Waals surface area contributed by atoms with Crippen LogP contribution in [0, 0.1) is 6.92 Å². The van der Waals surface area contributed by atoms with Gasteiger partial charge in [0, 0.05) is 29.0 Å². The maximum atomic E-state index is 13.0. The molecule has 0 saturated heterocycles. The average Bonchev–Trinajstić information content (AvgIpc) is 3.60. The Bertz CT molecular complexity index is 1510. The number of hydrogen-bond donors (Lipinski definition) is 2. The van der Waals surface area contributed by atoms with E-state index < -0.39 is 5.91 Å². The van der Waals surface area contributed by atoms with Gasteiger partial charge in [-0.25, -0.2) is 4.98 Å². The molecule has 2 N–H and O–H groups in total. The normalized spacial score (nSPS) is 11.0. The highest BCUT2D eigenvalue weighted by Crippen LogP contribution is 2.25. The summed E-state index contributed by atoms with van der Waals surface area (Å²) in [4.78, 5) is 32.7. The Kier molecular flexibility index (Phi) is 5.38. The predicted molar refractivity (Wildman–Crippen MR) is 124 cm³/mol. The van der Waals surface area contributed by atoms with Crippen molar-refractivity contribution in [1.29, 1.82) is 0 Å². The largest absolute Gasteiger partial charge is 0.463 e. The van der Waals surface area contributed by atoms with Crippen molar-refractivity contribution in [3.05, 3.63) is 88.2 Å². The molecule has 0 fully saturated rings. The molecule has 10 heteroatoms. The number of rotatable bonds is 6. The van der Waals surface area contributed by atoms with E-state index in [1.54, 1.807) is 31.2 Å². The van der Waals surface area contributed by atoms with Gasteiger partial charge in [0.15, 0.2) is 17.2 Å². The number of nitrogens with one attached hydrogen (secondary N) is 2. The zero-order valence-electron chi connectivity index (χ0n) is 18.4. The van der Waals surface area contributed by atoms with Crippen LogP contribution in [0.3, 0.4) is 0 Å². The van der Waals surface area contributed by atoms with Crippen LogP contribution in [-0.2, 0) is 6.42 Å². The summed E-state index contributed by atoms with van der Waals surface area (Å²) in [5.74, 6) is 0.881. The number of aryl methyl sites for hydroxylation is 1. The SMILES string of the molecule is CCc1c(C)nc(-n2nc(-c3ccco3)cc2NC(=O)c2cc(-c3ccccc3)on2)[nH]c1=O. The second-order valence-electron chi connectivity index (χ2n) is 7.51. The first kappa shape index (κ1) is 21.1. The number of aromatic amines is 1. The standard InChI is InChI=1S/C24H20N6O4/c1-3-16-14(2)25-24(27-22(16)31)30-21(13-17(28-30)19-10-7-11-33-19)26-23(32)18-12-20(34-29-18)15-8-5-4-6-9-15/h4-13H,3H2,1-2H3,(H,26,32)(H,25,27,31). The summed E-state index contributed by atoms with van der Waals surface area (Å²) >= 11 is 0. The molecule has 1 aromatic carbocycles. The molecule has 170 valence electrons. The first-order valence-corrected chi connectivity index (χ1v) is 10.6. The third-order valence-electron chi connectivity index (χ3n) is 5.29. The van der Waals surface area contributed by atoms with Gasteiger partial charge < -0.3 is 14.3 Å². The lowest BCUT2D eigenvalue weighted by Gasteiger charge is -2.09. The van der Waals surface area contributed by atoms with Crippen LogP contribution in [0.2, 0.25) is 0 Å². The number of carbonyl (C=O) groups excluding carboxylic acids is 1. The molecule has 5 aromatic rings. The summed E-state index contributed by atoms with van der Waals surface area (Å²) in [6.07, 6.45) is 2.07. The number of H-pyrrole nitrogens is 1. The van der Waals surface area contributed by atoms with Gasteiger partial charge in [-0.1, -0.05) is 42.4 Å². The van der Waals surface area contributed by atoms with E-state index in [0.29, 0.717) is 34.9 Å².